The molecule has 0 aliphatic rings. The van der Waals surface area contributed by atoms with Gasteiger partial charge in [-0.15, -0.1) is 5.10 Å². The van der Waals surface area contributed by atoms with Gasteiger partial charge >= 0.3 is 0 Å². The van der Waals surface area contributed by atoms with Crippen LogP contribution < -0.4 is 5.73 Å². The summed E-state index contributed by atoms with van der Waals surface area (Å²) in [4.78, 5) is 5.25. The van der Waals surface area contributed by atoms with E-state index in [-0.39, 0.29) is 6.04 Å². The number of hydrogen-bond donors (Lipinski definition) is 1. The zero-order valence-corrected chi connectivity index (χ0v) is 9.85. The Labute approximate surface area is 97.2 Å². The van der Waals surface area contributed by atoms with Crippen molar-refractivity contribution in [2.24, 2.45) is 12.8 Å². The molecule has 16 heavy (non-hydrogen) atoms. The van der Waals surface area contributed by atoms with E-state index in [1.165, 1.54) is 11.8 Å². The van der Waals surface area contributed by atoms with Crippen LogP contribution in [0.4, 0.5) is 0 Å². The summed E-state index contributed by atoms with van der Waals surface area (Å²) < 4.78 is 1.62. The second kappa shape index (κ2) is 4.58. The van der Waals surface area contributed by atoms with Crippen LogP contribution in [0.25, 0.3) is 0 Å². The Balaban J connectivity index is 2.14. The topological polar surface area (TPSA) is 82.5 Å². The summed E-state index contributed by atoms with van der Waals surface area (Å²) in [6.07, 6.45) is 1.78. The smallest absolute Gasteiger partial charge is 0.213 e. The van der Waals surface area contributed by atoms with Crippen molar-refractivity contribution < 1.29 is 0 Å². The Bertz CT molecular complexity index is 463. The predicted molar refractivity (Wildman–Crippen MR) is 59.8 cm³/mol. The van der Waals surface area contributed by atoms with Gasteiger partial charge in [-0.05, 0) is 41.2 Å². The Morgan fingerprint density at radius 2 is 2.25 bits per heavy atom. The summed E-state index contributed by atoms with van der Waals surface area (Å²) in [7, 11) is 1.80. The number of nitrogens with two attached hydrogens (primary N) is 1. The van der Waals surface area contributed by atoms with E-state index in [9.17, 15) is 0 Å². The summed E-state index contributed by atoms with van der Waals surface area (Å²) in [5, 5.41) is 11.9. The van der Waals surface area contributed by atoms with Gasteiger partial charge < -0.3 is 5.73 Å². The predicted octanol–water partition coefficient (Wildman–Crippen LogP) is 0.776. The molecule has 84 valence electrons. The molecule has 0 aliphatic heterocycles. The van der Waals surface area contributed by atoms with Crippen LogP contribution in [0, 0.1) is 0 Å². The molecule has 6 nitrogen and oxygen atoms in total. The third-order valence-electron chi connectivity index (χ3n) is 2.02. The van der Waals surface area contributed by atoms with Crippen LogP contribution >= 0.6 is 11.8 Å². The first kappa shape index (κ1) is 11.0. The number of tetrazole rings is 1. The SMILES string of the molecule is C[C@@H](N)c1ccc(Sc2nnnn2C)cn1. The Hall–Kier alpha value is -1.47. The minimum absolute atomic E-state index is 0.0458. The molecule has 0 spiro atoms. The molecule has 0 aromatic carbocycles. The maximum absolute atomic E-state index is 5.72. The second-order valence-corrected chi connectivity index (χ2v) is 4.44. The Morgan fingerprint density at radius 3 is 2.75 bits per heavy atom. The maximum Gasteiger partial charge on any atom is 0.213 e. The quantitative estimate of drug-likeness (QED) is 0.847. The molecule has 7 heteroatoms. The lowest BCUT2D eigenvalue weighted by molar-refractivity contribution is 0.664. The van der Waals surface area contributed by atoms with Gasteiger partial charge in [0.25, 0.3) is 0 Å². The van der Waals surface area contributed by atoms with Crippen molar-refractivity contribution in [3.8, 4) is 0 Å². The minimum atomic E-state index is -0.0458. The van der Waals surface area contributed by atoms with Crippen LogP contribution in [-0.4, -0.2) is 25.2 Å². The summed E-state index contributed by atoms with van der Waals surface area (Å²) in [6.45, 7) is 1.90. The van der Waals surface area contributed by atoms with Crippen molar-refractivity contribution >= 4 is 11.8 Å². The number of nitrogens with zero attached hydrogens (tertiary/aromatic N) is 5. The first-order chi connectivity index (χ1) is 7.66. The standard InChI is InChI=1S/C9H12N6S/c1-6(10)8-4-3-7(5-11-8)16-9-12-13-14-15(9)2/h3-6H,10H2,1-2H3/t6-/m1/s1. The molecule has 1 atom stereocenters. The number of aryl methyl sites for hydroxylation is 1. The fourth-order valence-electron chi connectivity index (χ4n) is 1.13. The van der Waals surface area contributed by atoms with Crippen molar-refractivity contribution in [3.63, 3.8) is 0 Å². The molecule has 0 unspecified atom stereocenters. The fourth-order valence-corrected chi connectivity index (χ4v) is 1.83. The zero-order valence-electron chi connectivity index (χ0n) is 9.03. The molecule has 2 heterocycles. The van der Waals surface area contributed by atoms with Crippen LogP contribution in [0.3, 0.4) is 0 Å². The van der Waals surface area contributed by atoms with Crippen molar-refractivity contribution in [1.82, 2.24) is 25.2 Å². The van der Waals surface area contributed by atoms with Crippen LogP contribution in [0.2, 0.25) is 0 Å². The molecule has 2 N–H and O–H groups in total. The van der Waals surface area contributed by atoms with Gasteiger partial charge in [-0.2, -0.15) is 0 Å². The van der Waals surface area contributed by atoms with Gasteiger partial charge in [-0.25, -0.2) is 4.68 Å². The van der Waals surface area contributed by atoms with E-state index in [0.717, 1.165) is 15.7 Å². The number of aromatic nitrogens is 5. The summed E-state index contributed by atoms with van der Waals surface area (Å²) in [5.74, 6) is 0. The monoisotopic (exact) mass is 236 g/mol. The van der Waals surface area contributed by atoms with Gasteiger partial charge in [0.2, 0.25) is 5.16 Å². The molecule has 0 saturated carbocycles. The van der Waals surface area contributed by atoms with E-state index in [1.807, 2.05) is 19.1 Å². The average Bonchev–Trinajstić information content (AvgIpc) is 2.65. The molecule has 2 rings (SSSR count). The molecular weight excluding hydrogens is 224 g/mol. The highest BCUT2D eigenvalue weighted by Crippen LogP contribution is 2.24. The molecule has 2 aromatic rings. The normalized spacial score (nSPS) is 12.7. The van der Waals surface area contributed by atoms with Gasteiger partial charge in [-0.1, -0.05) is 0 Å². The molecule has 0 aliphatic carbocycles. The number of hydrogen-bond acceptors (Lipinski definition) is 6. The van der Waals surface area contributed by atoms with E-state index in [0.29, 0.717) is 0 Å². The second-order valence-electron chi connectivity index (χ2n) is 3.39. The van der Waals surface area contributed by atoms with Crippen LogP contribution in [0.1, 0.15) is 18.7 Å². The van der Waals surface area contributed by atoms with E-state index >= 15 is 0 Å². The largest absolute Gasteiger partial charge is 0.323 e. The summed E-state index contributed by atoms with van der Waals surface area (Å²) in [5.41, 5.74) is 6.59. The summed E-state index contributed by atoms with van der Waals surface area (Å²) in [6, 6.07) is 3.83. The molecule has 0 bridgehead atoms. The number of rotatable bonds is 3. The molecule has 0 radical (unpaired) electrons. The first-order valence-corrected chi connectivity index (χ1v) is 5.60. The van der Waals surface area contributed by atoms with E-state index in [2.05, 4.69) is 20.5 Å². The van der Waals surface area contributed by atoms with E-state index < -0.39 is 0 Å². The maximum atomic E-state index is 5.72. The minimum Gasteiger partial charge on any atom is -0.323 e. The van der Waals surface area contributed by atoms with Crippen molar-refractivity contribution in [2.45, 2.75) is 23.0 Å². The van der Waals surface area contributed by atoms with Crippen molar-refractivity contribution in [1.29, 1.82) is 0 Å². The lowest BCUT2D eigenvalue weighted by Gasteiger charge is -2.04. The molecule has 0 saturated heterocycles. The first-order valence-electron chi connectivity index (χ1n) is 4.78. The zero-order chi connectivity index (χ0) is 11.5. The van der Waals surface area contributed by atoms with Gasteiger partial charge in [0, 0.05) is 24.2 Å². The lowest BCUT2D eigenvalue weighted by Crippen LogP contribution is -2.06. The van der Waals surface area contributed by atoms with Gasteiger partial charge in [0.15, 0.2) is 0 Å². The van der Waals surface area contributed by atoms with Crippen LogP contribution in [0.5, 0.6) is 0 Å². The molecule has 0 amide bonds. The van der Waals surface area contributed by atoms with Gasteiger partial charge in [0.05, 0.1) is 5.69 Å². The Kier molecular flexibility index (Phi) is 3.16. The molecule has 2 aromatic heterocycles. The van der Waals surface area contributed by atoms with Crippen molar-refractivity contribution in [3.05, 3.63) is 24.0 Å². The van der Waals surface area contributed by atoms with E-state index in [1.54, 1.807) is 17.9 Å². The van der Waals surface area contributed by atoms with Gasteiger partial charge in [-0.3, -0.25) is 4.98 Å². The molecule has 0 fully saturated rings. The van der Waals surface area contributed by atoms with Crippen LogP contribution in [0.15, 0.2) is 28.4 Å². The van der Waals surface area contributed by atoms with E-state index in [4.69, 9.17) is 5.73 Å². The number of pyridine rings is 1. The third kappa shape index (κ3) is 2.37. The highest BCUT2D eigenvalue weighted by molar-refractivity contribution is 7.99. The highest BCUT2D eigenvalue weighted by Gasteiger charge is 2.06. The van der Waals surface area contributed by atoms with Crippen LogP contribution in [-0.2, 0) is 7.05 Å². The highest BCUT2D eigenvalue weighted by atomic mass is 32.2. The molecular formula is C9H12N6S. The van der Waals surface area contributed by atoms with Gasteiger partial charge in [0.1, 0.15) is 0 Å². The van der Waals surface area contributed by atoms with Crippen molar-refractivity contribution in [2.75, 3.05) is 0 Å². The third-order valence-corrected chi connectivity index (χ3v) is 3.02. The fraction of sp³-hybridized carbons (Fsp3) is 0.333. The Morgan fingerprint density at radius 1 is 1.44 bits per heavy atom. The lowest BCUT2D eigenvalue weighted by atomic mass is 10.2. The summed E-state index contributed by atoms with van der Waals surface area (Å²) >= 11 is 1.46. The average molecular weight is 236 g/mol.